The minimum absolute atomic E-state index is 0.0674. The Hall–Kier alpha value is -3.27. The number of carbonyl (C=O) groups is 3. The Morgan fingerprint density at radius 2 is 1.84 bits per heavy atom. The summed E-state index contributed by atoms with van der Waals surface area (Å²) in [5.41, 5.74) is 4.61. The number of amides is 2. The van der Waals surface area contributed by atoms with Crippen LogP contribution in [0.15, 0.2) is 40.8 Å². The molecule has 0 spiro atoms. The van der Waals surface area contributed by atoms with Crippen molar-refractivity contribution in [3.8, 4) is 0 Å². The second kappa shape index (κ2) is 15.2. The standard InChI is InChI=1S/C28H41N5O4S/c1-8-9-15-25(35)33(7)23(18(2)3)16-24(37-20(5)34)28-31-22(17-38-28)27(36)30-19(4)26(32-29-6)21-13-11-10-12-14-21/h10-14,17-19,23-24,29H,8-9,15-16H2,1-7H3,(H,30,36)/t19-,23?,24?/m1/s1. The van der Waals surface area contributed by atoms with Crippen molar-refractivity contribution >= 4 is 34.8 Å². The van der Waals surface area contributed by atoms with Gasteiger partial charge >= 0.3 is 5.97 Å². The molecule has 0 bridgehead atoms. The van der Waals surface area contributed by atoms with Crippen molar-refractivity contribution in [2.24, 2.45) is 11.0 Å². The number of unbranched alkanes of at least 4 members (excludes halogenated alkanes) is 1. The van der Waals surface area contributed by atoms with Gasteiger partial charge in [0, 0.05) is 45.3 Å². The number of esters is 1. The predicted molar refractivity (Wildman–Crippen MR) is 151 cm³/mol. The quantitative estimate of drug-likeness (QED) is 0.205. The van der Waals surface area contributed by atoms with Gasteiger partial charge in [0.2, 0.25) is 5.91 Å². The molecule has 208 valence electrons. The van der Waals surface area contributed by atoms with Gasteiger partial charge in [0.25, 0.3) is 5.91 Å². The Labute approximate surface area is 230 Å². The zero-order chi connectivity index (χ0) is 28.2. The second-order valence-corrected chi connectivity index (χ2v) is 10.5. The maximum absolute atomic E-state index is 13.1. The summed E-state index contributed by atoms with van der Waals surface area (Å²) < 4.78 is 5.64. The number of hydrogen-bond acceptors (Lipinski definition) is 8. The van der Waals surface area contributed by atoms with E-state index in [1.165, 1.54) is 18.3 Å². The minimum Gasteiger partial charge on any atom is -0.455 e. The number of hydrazone groups is 1. The molecule has 1 aromatic heterocycles. The first-order valence-electron chi connectivity index (χ1n) is 13.1. The van der Waals surface area contributed by atoms with Crippen LogP contribution in [0.5, 0.6) is 0 Å². The molecule has 1 aromatic carbocycles. The normalized spacial score (nSPS) is 13.9. The highest BCUT2D eigenvalue weighted by Gasteiger charge is 2.30. The highest BCUT2D eigenvalue weighted by atomic mass is 32.1. The molecule has 2 aromatic rings. The topological polar surface area (TPSA) is 113 Å². The van der Waals surface area contributed by atoms with Crippen LogP contribution < -0.4 is 10.7 Å². The van der Waals surface area contributed by atoms with Gasteiger partial charge in [-0.3, -0.25) is 14.4 Å². The van der Waals surface area contributed by atoms with Crippen molar-refractivity contribution in [2.45, 2.75) is 78.5 Å². The molecule has 10 heteroatoms. The van der Waals surface area contributed by atoms with E-state index in [1.807, 2.05) is 51.1 Å². The molecule has 2 unspecified atom stereocenters. The van der Waals surface area contributed by atoms with Gasteiger partial charge in [0.05, 0.1) is 11.8 Å². The smallest absolute Gasteiger partial charge is 0.303 e. The number of nitrogens with zero attached hydrogens (tertiary/aromatic N) is 3. The number of thiazole rings is 1. The summed E-state index contributed by atoms with van der Waals surface area (Å²) in [5, 5.41) is 9.49. The third-order valence-electron chi connectivity index (χ3n) is 6.26. The third-order valence-corrected chi connectivity index (χ3v) is 7.19. The summed E-state index contributed by atoms with van der Waals surface area (Å²) in [6, 6.07) is 9.06. The van der Waals surface area contributed by atoms with E-state index in [4.69, 9.17) is 4.74 Å². The van der Waals surface area contributed by atoms with Crippen LogP contribution in [-0.2, 0) is 14.3 Å². The van der Waals surface area contributed by atoms with Crippen LogP contribution in [0.25, 0.3) is 0 Å². The van der Waals surface area contributed by atoms with Crippen LogP contribution in [0.1, 0.15) is 87.5 Å². The van der Waals surface area contributed by atoms with Gasteiger partial charge in [0.15, 0.2) is 6.10 Å². The molecule has 0 radical (unpaired) electrons. The van der Waals surface area contributed by atoms with E-state index in [0.717, 1.165) is 18.4 Å². The van der Waals surface area contributed by atoms with E-state index in [1.54, 1.807) is 24.4 Å². The lowest BCUT2D eigenvalue weighted by atomic mass is 9.96. The lowest BCUT2D eigenvalue weighted by Crippen LogP contribution is -2.41. The molecule has 2 rings (SSSR count). The molecule has 3 atom stereocenters. The highest BCUT2D eigenvalue weighted by Crippen LogP contribution is 2.30. The van der Waals surface area contributed by atoms with E-state index in [2.05, 4.69) is 27.8 Å². The van der Waals surface area contributed by atoms with Gasteiger partial charge in [-0.05, 0) is 24.8 Å². The first kappa shape index (κ1) is 31.0. The fourth-order valence-electron chi connectivity index (χ4n) is 4.21. The van der Waals surface area contributed by atoms with Crippen LogP contribution in [0.3, 0.4) is 0 Å². The van der Waals surface area contributed by atoms with Crippen LogP contribution in [0.4, 0.5) is 0 Å². The minimum atomic E-state index is -0.670. The monoisotopic (exact) mass is 543 g/mol. The SMILES string of the molecule is CCCCC(=O)N(C)C(CC(OC(C)=O)c1nc(C(=O)N[C@H](C)C(=NNC)c2ccccc2)cs1)C(C)C. The molecule has 0 saturated heterocycles. The van der Waals surface area contributed by atoms with E-state index < -0.39 is 12.1 Å². The number of carbonyl (C=O) groups excluding carboxylic acids is 3. The Bertz CT molecular complexity index is 1090. The summed E-state index contributed by atoms with van der Waals surface area (Å²) in [4.78, 5) is 44.0. The van der Waals surface area contributed by atoms with Crippen molar-refractivity contribution < 1.29 is 19.1 Å². The molecule has 0 fully saturated rings. The Kier molecular flexibility index (Phi) is 12.4. The summed E-state index contributed by atoms with van der Waals surface area (Å²) in [5.74, 6) is -0.593. The molecule has 0 saturated carbocycles. The van der Waals surface area contributed by atoms with Gasteiger partial charge in [-0.15, -0.1) is 11.3 Å². The van der Waals surface area contributed by atoms with Crippen molar-refractivity contribution in [3.63, 3.8) is 0 Å². The van der Waals surface area contributed by atoms with Crippen LogP contribution >= 0.6 is 11.3 Å². The van der Waals surface area contributed by atoms with Gasteiger partial charge in [-0.2, -0.15) is 5.10 Å². The van der Waals surface area contributed by atoms with E-state index >= 15 is 0 Å². The Morgan fingerprint density at radius 3 is 2.42 bits per heavy atom. The largest absolute Gasteiger partial charge is 0.455 e. The molecular formula is C28H41N5O4S. The number of ether oxygens (including phenoxy) is 1. The van der Waals surface area contributed by atoms with Crippen molar-refractivity contribution in [1.29, 1.82) is 0 Å². The molecule has 1 heterocycles. The molecule has 0 aliphatic carbocycles. The molecule has 2 N–H and O–H groups in total. The number of rotatable bonds is 14. The summed E-state index contributed by atoms with van der Waals surface area (Å²) in [6.07, 6.45) is 1.98. The molecule has 0 aliphatic heterocycles. The zero-order valence-corrected chi connectivity index (χ0v) is 24.3. The maximum Gasteiger partial charge on any atom is 0.303 e. The van der Waals surface area contributed by atoms with Gasteiger partial charge < -0.3 is 20.4 Å². The van der Waals surface area contributed by atoms with Crippen molar-refractivity contribution in [2.75, 3.05) is 14.1 Å². The lowest BCUT2D eigenvalue weighted by Gasteiger charge is -2.33. The average Bonchev–Trinajstić information content (AvgIpc) is 3.38. The molecule has 9 nitrogen and oxygen atoms in total. The summed E-state index contributed by atoms with van der Waals surface area (Å²) >= 11 is 1.26. The fourth-order valence-corrected chi connectivity index (χ4v) is 5.04. The Morgan fingerprint density at radius 1 is 1.16 bits per heavy atom. The maximum atomic E-state index is 13.1. The second-order valence-electron chi connectivity index (χ2n) is 9.61. The van der Waals surface area contributed by atoms with E-state index in [9.17, 15) is 14.4 Å². The van der Waals surface area contributed by atoms with E-state index in [0.29, 0.717) is 23.6 Å². The number of nitrogens with one attached hydrogen (secondary N) is 2. The number of benzene rings is 1. The third kappa shape index (κ3) is 8.93. The molecule has 2 amide bonds. The average molecular weight is 544 g/mol. The summed E-state index contributed by atoms with van der Waals surface area (Å²) in [6.45, 7) is 9.34. The number of aromatic nitrogens is 1. The van der Waals surface area contributed by atoms with Gasteiger partial charge in [-0.1, -0.05) is 57.5 Å². The fraction of sp³-hybridized carbons (Fsp3) is 0.536. The molecule has 0 aliphatic rings. The lowest BCUT2D eigenvalue weighted by molar-refractivity contribution is -0.148. The first-order valence-corrected chi connectivity index (χ1v) is 14.0. The van der Waals surface area contributed by atoms with Crippen LogP contribution in [-0.4, -0.2) is 59.6 Å². The highest BCUT2D eigenvalue weighted by molar-refractivity contribution is 7.09. The summed E-state index contributed by atoms with van der Waals surface area (Å²) in [7, 11) is 3.51. The van der Waals surface area contributed by atoms with Crippen LogP contribution in [0, 0.1) is 5.92 Å². The molecule has 38 heavy (non-hydrogen) atoms. The van der Waals surface area contributed by atoms with Crippen LogP contribution in [0.2, 0.25) is 0 Å². The zero-order valence-electron chi connectivity index (χ0n) is 23.5. The van der Waals surface area contributed by atoms with Crippen molar-refractivity contribution in [1.82, 2.24) is 20.6 Å². The van der Waals surface area contributed by atoms with Crippen molar-refractivity contribution in [3.05, 3.63) is 52.0 Å². The van der Waals surface area contributed by atoms with Gasteiger partial charge in [0.1, 0.15) is 10.7 Å². The predicted octanol–water partition coefficient (Wildman–Crippen LogP) is 4.55. The first-order chi connectivity index (χ1) is 18.1. The molecular weight excluding hydrogens is 502 g/mol. The van der Waals surface area contributed by atoms with E-state index in [-0.39, 0.29) is 35.5 Å². The van der Waals surface area contributed by atoms with Gasteiger partial charge in [-0.25, -0.2) is 4.98 Å². The number of hydrogen-bond donors (Lipinski definition) is 2. The Balaban J connectivity index is 2.21.